The van der Waals surface area contributed by atoms with Crippen molar-refractivity contribution < 1.29 is 4.79 Å². The lowest BCUT2D eigenvalue weighted by Crippen LogP contribution is -2.32. The van der Waals surface area contributed by atoms with Crippen molar-refractivity contribution in [2.45, 2.75) is 72.1 Å². The maximum Gasteiger partial charge on any atom is 0.222 e. The Morgan fingerprint density at radius 3 is 2.38 bits per heavy atom. The molecule has 0 saturated heterocycles. The number of aromatic amines is 1. The molecule has 4 nitrogen and oxygen atoms in total. The Morgan fingerprint density at radius 2 is 1.81 bits per heavy atom. The molecule has 1 amide bonds. The lowest BCUT2D eigenvalue weighted by Gasteiger charge is -2.21. The SMILES string of the molecule is CCCN(CCC)C(=O)CCCCCCc1cnc(C)[nH]1. The Bertz CT molecular complexity index is 394. The number of aromatic nitrogens is 2. The molecule has 0 unspecified atom stereocenters. The van der Waals surface area contributed by atoms with Crippen LogP contribution < -0.4 is 0 Å². The van der Waals surface area contributed by atoms with Gasteiger partial charge < -0.3 is 9.88 Å². The van der Waals surface area contributed by atoms with Crippen molar-refractivity contribution in [3.63, 3.8) is 0 Å². The van der Waals surface area contributed by atoms with Gasteiger partial charge in [0.2, 0.25) is 5.91 Å². The molecule has 1 N–H and O–H groups in total. The first-order valence-corrected chi connectivity index (χ1v) is 8.45. The van der Waals surface area contributed by atoms with Gasteiger partial charge in [0.15, 0.2) is 0 Å². The Hall–Kier alpha value is -1.32. The number of unbranched alkanes of at least 4 members (excludes halogenated alkanes) is 3. The highest BCUT2D eigenvalue weighted by Crippen LogP contribution is 2.09. The van der Waals surface area contributed by atoms with Gasteiger partial charge in [0.05, 0.1) is 0 Å². The second-order valence-corrected chi connectivity index (χ2v) is 5.79. The molecule has 0 atom stereocenters. The fourth-order valence-electron chi connectivity index (χ4n) is 2.60. The van der Waals surface area contributed by atoms with Crippen LogP contribution in [-0.2, 0) is 11.2 Å². The van der Waals surface area contributed by atoms with Crippen LogP contribution in [0.3, 0.4) is 0 Å². The fourth-order valence-corrected chi connectivity index (χ4v) is 2.60. The molecule has 0 aliphatic rings. The molecule has 0 aliphatic heterocycles. The average Bonchev–Trinajstić information content (AvgIpc) is 2.88. The number of carbonyl (C=O) groups excluding carboxylic acids is 1. The second kappa shape index (κ2) is 10.4. The summed E-state index contributed by atoms with van der Waals surface area (Å²) in [7, 11) is 0. The maximum absolute atomic E-state index is 12.1. The second-order valence-electron chi connectivity index (χ2n) is 5.79. The lowest BCUT2D eigenvalue weighted by molar-refractivity contribution is -0.131. The minimum Gasteiger partial charge on any atom is -0.346 e. The van der Waals surface area contributed by atoms with Crippen LogP contribution >= 0.6 is 0 Å². The largest absolute Gasteiger partial charge is 0.346 e. The summed E-state index contributed by atoms with van der Waals surface area (Å²) in [6.45, 7) is 8.06. The summed E-state index contributed by atoms with van der Waals surface area (Å²) >= 11 is 0. The van der Waals surface area contributed by atoms with E-state index in [4.69, 9.17) is 0 Å². The van der Waals surface area contributed by atoms with Crippen LogP contribution in [0.5, 0.6) is 0 Å². The zero-order valence-corrected chi connectivity index (χ0v) is 14.0. The smallest absolute Gasteiger partial charge is 0.222 e. The normalized spacial score (nSPS) is 10.8. The highest BCUT2D eigenvalue weighted by molar-refractivity contribution is 5.76. The minimum atomic E-state index is 0.336. The predicted octanol–water partition coefficient (Wildman–Crippen LogP) is 3.86. The summed E-state index contributed by atoms with van der Waals surface area (Å²) in [5, 5.41) is 0. The summed E-state index contributed by atoms with van der Waals surface area (Å²) in [5.74, 6) is 1.32. The van der Waals surface area contributed by atoms with E-state index in [0.29, 0.717) is 12.3 Å². The van der Waals surface area contributed by atoms with Gasteiger partial charge in [-0.3, -0.25) is 4.79 Å². The van der Waals surface area contributed by atoms with Crippen molar-refractivity contribution in [3.05, 3.63) is 17.7 Å². The highest BCUT2D eigenvalue weighted by Gasteiger charge is 2.10. The van der Waals surface area contributed by atoms with E-state index < -0.39 is 0 Å². The van der Waals surface area contributed by atoms with Crippen molar-refractivity contribution in [3.8, 4) is 0 Å². The fraction of sp³-hybridized carbons (Fsp3) is 0.765. The van der Waals surface area contributed by atoms with E-state index in [1.54, 1.807) is 0 Å². The zero-order chi connectivity index (χ0) is 15.5. The van der Waals surface area contributed by atoms with Gasteiger partial charge in [-0.05, 0) is 39.0 Å². The molecule has 0 bridgehead atoms. The van der Waals surface area contributed by atoms with Gasteiger partial charge >= 0.3 is 0 Å². The van der Waals surface area contributed by atoms with E-state index in [2.05, 4.69) is 23.8 Å². The van der Waals surface area contributed by atoms with E-state index in [1.165, 1.54) is 18.5 Å². The molecule has 21 heavy (non-hydrogen) atoms. The van der Waals surface area contributed by atoms with Gasteiger partial charge in [0, 0.05) is 31.4 Å². The predicted molar refractivity (Wildman–Crippen MR) is 87.3 cm³/mol. The number of H-pyrrole nitrogens is 1. The summed E-state index contributed by atoms with van der Waals surface area (Å²) in [4.78, 5) is 21.6. The summed E-state index contributed by atoms with van der Waals surface area (Å²) in [5.41, 5.74) is 1.22. The number of amides is 1. The van der Waals surface area contributed by atoms with Crippen molar-refractivity contribution in [1.82, 2.24) is 14.9 Å². The maximum atomic E-state index is 12.1. The Balaban J connectivity index is 2.08. The molecule has 1 heterocycles. The van der Waals surface area contributed by atoms with Crippen LogP contribution in [0.4, 0.5) is 0 Å². The van der Waals surface area contributed by atoms with Crippen molar-refractivity contribution in [1.29, 1.82) is 0 Å². The third kappa shape index (κ3) is 7.30. The first kappa shape index (κ1) is 17.7. The molecule has 0 fully saturated rings. The first-order valence-electron chi connectivity index (χ1n) is 8.45. The third-order valence-electron chi connectivity index (χ3n) is 3.68. The van der Waals surface area contributed by atoms with Gasteiger partial charge in [-0.15, -0.1) is 0 Å². The summed E-state index contributed by atoms with van der Waals surface area (Å²) in [6.07, 6.45) is 10.3. The molecule has 120 valence electrons. The molecule has 1 aromatic heterocycles. The van der Waals surface area contributed by atoms with Gasteiger partial charge in [0.1, 0.15) is 5.82 Å². The van der Waals surface area contributed by atoms with E-state index >= 15 is 0 Å². The number of imidazole rings is 1. The van der Waals surface area contributed by atoms with Gasteiger partial charge in [-0.1, -0.05) is 26.7 Å². The van der Waals surface area contributed by atoms with Crippen LogP contribution in [0.1, 0.15) is 70.3 Å². The van der Waals surface area contributed by atoms with Crippen LogP contribution in [0.2, 0.25) is 0 Å². The summed E-state index contributed by atoms with van der Waals surface area (Å²) in [6, 6.07) is 0. The number of aryl methyl sites for hydroxylation is 2. The monoisotopic (exact) mass is 293 g/mol. The van der Waals surface area contributed by atoms with Crippen LogP contribution in [0, 0.1) is 6.92 Å². The van der Waals surface area contributed by atoms with E-state index in [0.717, 1.165) is 51.0 Å². The van der Waals surface area contributed by atoms with Crippen LogP contribution in [0.25, 0.3) is 0 Å². The number of hydrogen-bond acceptors (Lipinski definition) is 2. The molecule has 4 heteroatoms. The average molecular weight is 293 g/mol. The molecular weight excluding hydrogens is 262 g/mol. The van der Waals surface area contributed by atoms with Crippen molar-refractivity contribution >= 4 is 5.91 Å². The quantitative estimate of drug-likeness (QED) is 0.630. The molecule has 0 spiro atoms. The first-order chi connectivity index (χ1) is 10.2. The van der Waals surface area contributed by atoms with E-state index in [-0.39, 0.29) is 0 Å². The third-order valence-corrected chi connectivity index (χ3v) is 3.68. The Kier molecular flexibility index (Phi) is 8.79. The van der Waals surface area contributed by atoms with Gasteiger partial charge in [-0.2, -0.15) is 0 Å². The number of nitrogens with one attached hydrogen (secondary N) is 1. The summed E-state index contributed by atoms with van der Waals surface area (Å²) < 4.78 is 0. The van der Waals surface area contributed by atoms with Gasteiger partial charge in [-0.25, -0.2) is 4.98 Å². The topological polar surface area (TPSA) is 49.0 Å². The molecule has 0 aliphatic carbocycles. The van der Waals surface area contributed by atoms with Gasteiger partial charge in [0.25, 0.3) is 0 Å². The number of hydrogen-bond donors (Lipinski definition) is 1. The molecule has 0 radical (unpaired) electrons. The number of rotatable bonds is 11. The van der Waals surface area contributed by atoms with Crippen LogP contribution in [-0.4, -0.2) is 33.9 Å². The lowest BCUT2D eigenvalue weighted by atomic mass is 10.1. The number of nitrogens with zero attached hydrogens (tertiary/aromatic N) is 2. The van der Waals surface area contributed by atoms with Crippen molar-refractivity contribution in [2.24, 2.45) is 0 Å². The molecule has 1 rings (SSSR count). The standard InChI is InChI=1S/C17H31N3O/c1-4-12-20(13-5-2)17(21)11-9-7-6-8-10-16-14-18-15(3)19-16/h14H,4-13H2,1-3H3,(H,18,19). The molecule has 0 saturated carbocycles. The number of carbonyl (C=O) groups is 1. The molecule has 0 aromatic carbocycles. The Morgan fingerprint density at radius 1 is 1.14 bits per heavy atom. The van der Waals surface area contributed by atoms with Crippen LogP contribution in [0.15, 0.2) is 6.20 Å². The highest BCUT2D eigenvalue weighted by atomic mass is 16.2. The zero-order valence-electron chi connectivity index (χ0n) is 14.0. The Labute approximate surface area is 129 Å². The minimum absolute atomic E-state index is 0.336. The van der Waals surface area contributed by atoms with E-state index in [9.17, 15) is 4.79 Å². The van der Waals surface area contributed by atoms with Crippen molar-refractivity contribution in [2.75, 3.05) is 13.1 Å². The molecule has 1 aromatic rings. The van der Waals surface area contributed by atoms with E-state index in [1.807, 2.05) is 18.0 Å². The molecular formula is C17H31N3O.